The van der Waals surface area contributed by atoms with Gasteiger partial charge in [0.25, 0.3) is 0 Å². The highest BCUT2D eigenvalue weighted by atomic mass is 16.2. The Hall–Kier alpha value is -0.570. The van der Waals surface area contributed by atoms with Gasteiger partial charge in [-0.25, -0.2) is 0 Å². The van der Waals surface area contributed by atoms with Crippen LogP contribution in [0, 0.1) is 5.92 Å². The second-order valence-corrected chi connectivity index (χ2v) is 5.00. The van der Waals surface area contributed by atoms with Crippen LogP contribution in [-0.4, -0.2) is 17.5 Å². The van der Waals surface area contributed by atoms with Crippen molar-refractivity contribution in [3.8, 4) is 0 Å². The fourth-order valence-electron chi connectivity index (χ4n) is 2.54. The molecule has 3 heteroatoms. The first kappa shape index (κ1) is 9.97. The third-order valence-electron chi connectivity index (χ3n) is 3.63. The Kier molecular flexibility index (Phi) is 2.52. The fourth-order valence-corrected chi connectivity index (χ4v) is 2.54. The highest BCUT2D eigenvalue weighted by Crippen LogP contribution is 2.56. The molecule has 1 amide bonds. The second kappa shape index (κ2) is 3.54. The number of carbonyl (C=O) groups excluding carboxylic acids is 1. The smallest absolute Gasteiger partial charge is 0.237 e. The normalized spacial score (nSPS) is 35.4. The molecule has 2 bridgehead atoms. The SMILES string of the molecule is CCCC[C@@H](N)C(=O)NC12CC(C1)C2. The molecule has 0 heterocycles. The Morgan fingerprint density at radius 3 is 2.64 bits per heavy atom. The zero-order chi connectivity index (χ0) is 10.2. The summed E-state index contributed by atoms with van der Waals surface area (Å²) in [6.45, 7) is 2.12. The number of nitrogens with two attached hydrogens (primary N) is 1. The first-order chi connectivity index (χ1) is 6.65. The summed E-state index contributed by atoms with van der Waals surface area (Å²) in [6.07, 6.45) is 6.55. The molecule has 0 aromatic carbocycles. The van der Waals surface area contributed by atoms with Crippen LogP contribution in [0.2, 0.25) is 0 Å². The molecule has 1 atom stereocenters. The third kappa shape index (κ3) is 1.65. The lowest BCUT2D eigenvalue weighted by Crippen LogP contribution is -2.69. The predicted octanol–water partition coefficient (Wildman–Crippen LogP) is 1.17. The van der Waals surface area contributed by atoms with Crippen LogP contribution in [0.4, 0.5) is 0 Å². The molecule has 3 N–H and O–H groups in total. The lowest BCUT2D eigenvalue weighted by molar-refractivity contribution is -0.134. The van der Waals surface area contributed by atoms with E-state index in [0.717, 1.165) is 25.2 Å². The Balaban J connectivity index is 1.71. The summed E-state index contributed by atoms with van der Waals surface area (Å²) < 4.78 is 0. The van der Waals surface area contributed by atoms with E-state index in [2.05, 4.69) is 12.2 Å². The standard InChI is InChI=1S/C11H20N2O/c1-2-3-4-9(12)10(14)13-11-5-8(6-11)7-11/h8-9H,2-7,12H2,1H3,(H,13,14)/t8?,9-,11?/m1/s1. The van der Waals surface area contributed by atoms with E-state index in [1.807, 2.05) is 0 Å². The van der Waals surface area contributed by atoms with Crippen molar-refractivity contribution in [2.24, 2.45) is 11.7 Å². The minimum atomic E-state index is -0.288. The molecule has 3 aliphatic rings. The van der Waals surface area contributed by atoms with Crippen molar-refractivity contribution in [2.75, 3.05) is 0 Å². The number of hydrogen-bond acceptors (Lipinski definition) is 2. The zero-order valence-corrected chi connectivity index (χ0v) is 8.88. The molecule has 0 aliphatic heterocycles. The van der Waals surface area contributed by atoms with E-state index in [9.17, 15) is 4.79 Å². The highest BCUT2D eigenvalue weighted by molar-refractivity contribution is 5.82. The van der Waals surface area contributed by atoms with Gasteiger partial charge in [-0.1, -0.05) is 19.8 Å². The lowest BCUT2D eigenvalue weighted by Gasteiger charge is -2.62. The van der Waals surface area contributed by atoms with E-state index in [1.165, 1.54) is 19.3 Å². The maximum absolute atomic E-state index is 11.6. The topological polar surface area (TPSA) is 55.1 Å². The van der Waals surface area contributed by atoms with Crippen molar-refractivity contribution in [3.05, 3.63) is 0 Å². The molecule has 0 aromatic rings. The number of rotatable bonds is 5. The van der Waals surface area contributed by atoms with Crippen LogP contribution in [0.5, 0.6) is 0 Å². The van der Waals surface area contributed by atoms with Gasteiger partial charge >= 0.3 is 0 Å². The summed E-state index contributed by atoms with van der Waals surface area (Å²) in [5.41, 5.74) is 5.98. The van der Waals surface area contributed by atoms with Gasteiger partial charge in [-0.2, -0.15) is 0 Å². The maximum Gasteiger partial charge on any atom is 0.237 e. The van der Waals surface area contributed by atoms with Gasteiger partial charge in [0.1, 0.15) is 0 Å². The predicted molar refractivity (Wildman–Crippen MR) is 55.7 cm³/mol. The summed E-state index contributed by atoms with van der Waals surface area (Å²) in [4.78, 5) is 11.6. The van der Waals surface area contributed by atoms with Gasteiger partial charge in [0, 0.05) is 5.54 Å². The Morgan fingerprint density at radius 1 is 1.57 bits per heavy atom. The molecule has 3 fully saturated rings. The first-order valence-corrected chi connectivity index (χ1v) is 5.73. The summed E-state index contributed by atoms with van der Waals surface area (Å²) in [5, 5.41) is 3.10. The van der Waals surface area contributed by atoms with E-state index in [0.29, 0.717) is 0 Å². The van der Waals surface area contributed by atoms with Crippen LogP contribution in [0.1, 0.15) is 45.4 Å². The molecule has 3 saturated carbocycles. The van der Waals surface area contributed by atoms with Gasteiger partial charge in [0.2, 0.25) is 5.91 Å². The van der Waals surface area contributed by atoms with Crippen LogP contribution in [0.3, 0.4) is 0 Å². The number of hydrogen-bond donors (Lipinski definition) is 2. The van der Waals surface area contributed by atoms with Crippen LogP contribution in [0.15, 0.2) is 0 Å². The first-order valence-electron chi connectivity index (χ1n) is 5.73. The summed E-state index contributed by atoms with van der Waals surface area (Å²) in [6, 6.07) is -0.288. The van der Waals surface area contributed by atoms with Crippen molar-refractivity contribution >= 4 is 5.91 Å². The molecule has 0 unspecified atom stereocenters. The summed E-state index contributed by atoms with van der Waals surface area (Å²) >= 11 is 0. The zero-order valence-electron chi connectivity index (χ0n) is 8.88. The van der Waals surface area contributed by atoms with E-state index < -0.39 is 0 Å². The summed E-state index contributed by atoms with van der Waals surface area (Å²) in [7, 11) is 0. The van der Waals surface area contributed by atoms with E-state index in [-0.39, 0.29) is 17.5 Å². The fraction of sp³-hybridized carbons (Fsp3) is 0.909. The average molecular weight is 196 g/mol. The molecule has 0 spiro atoms. The van der Waals surface area contributed by atoms with Crippen LogP contribution in [0.25, 0.3) is 0 Å². The minimum absolute atomic E-state index is 0.0663. The number of carbonyl (C=O) groups is 1. The second-order valence-electron chi connectivity index (χ2n) is 5.00. The average Bonchev–Trinajstić information content (AvgIpc) is 2.04. The molecule has 14 heavy (non-hydrogen) atoms. The summed E-state index contributed by atoms with van der Waals surface area (Å²) in [5.74, 6) is 0.971. The van der Waals surface area contributed by atoms with Crippen LogP contribution < -0.4 is 11.1 Å². The Bertz CT molecular complexity index is 222. The van der Waals surface area contributed by atoms with Crippen molar-refractivity contribution < 1.29 is 4.79 Å². The quantitative estimate of drug-likeness (QED) is 0.693. The minimum Gasteiger partial charge on any atom is -0.349 e. The third-order valence-corrected chi connectivity index (χ3v) is 3.63. The van der Waals surface area contributed by atoms with Crippen molar-refractivity contribution in [3.63, 3.8) is 0 Å². The van der Waals surface area contributed by atoms with Gasteiger partial charge in [0.15, 0.2) is 0 Å². The highest BCUT2D eigenvalue weighted by Gasteiger charge is 2.57. The molecular weight excluding hydrogens is 176 g/mol. The largest absolute Gasteiger partial charge is 0.349 e. The molecule has 80 valence electrons. The lowest BCUT2D eigenvalue weighted by atomic mass is 9.50. The van der Waals surface area contributed by atoms with Crippen LogP contribution >= 0.6 is 0 Å². The molecule has 3 rings (SSSR count). The monoisotopic (exact) mass is 196 g/mol. The maximum atomic E-state index is 11.6. The molecular formula is C11H20N2O. The number of nitrogens with one attached hydrogen (secondary N) is 1. The van der Waals surface area contributed by atoms with Gasteiger partial charge in [-0.3, -0.25) is 4.79 Å². The number of unbranched alkanes of at least 4 members (excludes halogenated alkanes) is 1. The van der Waals surface area contributed by atoms with Crippen LogP contribution in [-0.2, 0) is 4.79 Å². The van der Waals surface area contributed by atoms with E-state index in [1.54, 1.807) is 0 Å². The van der Waals surface area contributed by atoms with Crippen molar-refractivity contribution in [2.45, 2.75) is 57.0 Å². The van der Waals surface area contributed by atoms with Crippen molar-refractivity contribution in [1.82, 2.24) is 5.32 Å². The van der Waals surface area contributed by atoms with Gasteiger partial charge in [-0.05, 0) is 31.6 Å². The van der Waals surface area contributed by atoms with Gasteiger partial charge in [0.05, 0.1) is 6.04 Å². The molecule has 0 saturated heterocycles. The van der Waals surface area contributed by atoms with E-state index in [4.69, 9.17) is 5.73 Å². The van der Waals surface area contributed by atoms with Crippen molar-refractivity contribution in [1.29, 1.82) is 0 Å². The molecule has 0 aromatic heterocycles. The Morgan fingerprint density at radius 2 is 2.21 bits per heavy atom. The number of amides is 1. The molecule has 3 aliphatic carbocycles. The van der Waals surface area contributed by atoms with Gasteiger partial charge in [-0.15, -0.1) is 0 Å². The molecule has 3 nitrogen and oxygen atoms in total. The molecule has 0 radical (unpaired) electrons. The Labute approximate surface area is 85.4 Å². The van der Waals surface area contributed by atoms with Gasteiger partial charge < -0.3 is 11.1 Å². The van der Waals surface area contributed by atoms with E-state index >= 15 is 0 Å².